The molecule has 0 aromatic heterocycles. The fraction of sp³-hybridized carbons (Fsp3) is 0.500. The molecule has 0 amide bonds. The van der Waals surface area contributed by atoms with E-state index in [0.29, 0.717) is 31.6 Å². The van der Waals surface area contributed by atoms with E-state index in [1.807, 2.05) is 50.2 Å². The highest BCUT2D eigenvalue weighted by molar-refractivity contribution is 5.46. The van der Waals surface area contributed by atoms with Crippen molar-refractivity contribution in [2.75, 3.05) is 20.3 Å². The van der Waals surface area contributed by atoms with E-state index in [4.69, 9.17) is 18.9 Å². The van der Waals surface area contributed by atoms with Gasteiger partial charge in [-0.25, -0.2) is 0 Å². The van der Waals surface area contributed by atoms with E-state index in [1.54, 1.807) is 0 Å². The average molecular weight is 430 g/mol. The zero-order valence-corrected chi connectivity index (χ0v) is 18.1. The van der Waals surface area contributed by atoms with Crippen LogP contribution in [-0.2, 0) is 21.7 Å². The first-order valence-corrected chi connectivity index (χ1v) is 10.6. The lowest BCUT2D eigenvalue weighted by Crippen LogP contribution is -2.63. The van der Waals surface area contributed by atoms with Crippen LogP contribution in [0.3, 0.4) is 0 Å². The normalized spacial score (nSPS) is 30.3. The largest absolute Gasteiger partial charge is 0.486 e. The van der Waals surface area contributed by atoms with Crippen LogP contribution in [-0.4, -0.2) is 60.1 Å². The molecule has 0 radical (unpaired) electrons. The van der Waals surface area contributed by atoms with E-state index in [1.165, 1.54) is 7.11 Å². The van der Waals surface area contributed by atoms with Gasteiger partial charge in [-0.15, -0.1) is 0 Å². The second-order valence-corrected chi connectivity index (χ2v) is 8.16. The van der Waals surface area contributed by atoms with Crippen LogP contribution < -0.4 is 9.47 Å². The molecule has 1 saturated heterocycles. The number of rotatable bonds is 5. The molecule has 0 aliphatic carbocycles. The van der Waals surface area contributed by atoms with Crippen molar-refractivity contribution in [3.63, 3.8) is 0 Å². The standard InChI is InChI=1S/C24H30O7/c1-4-18-21(25)22(26)23(27)24(28-3,31-18)17-7-5-14(2)16(13-17)11-15-6-8-19-20(12-15)30-10-9-29-19/h5-8,12-13,18,21-23,25-27H,4,9-11H2,1-3H3/t18-,21-,22+,23-,24?/m1/s1. The van der Waals surface area contributed by atoms with Gasteiger partial charge >= 0.3 is 0 Å². The number of aliphatic hydroxyl groups excluding tert-OH is 3. The molecule has 7 heteroatoms. The lowest BCUT2D eigenvalue weighted by molar-refractivity contribution is -0.363. The van der Waals surface area contributed by atoms with Crippen LogP contribution in [0.15, 0.2) is 36.4 Å². The number of ether oxygens (including phenoxy) is 4. The molecule has 2 aliphatic rings. The molecular weight excluding hydrogens is 400 g/mol. The Morgan fingerprint density at radius 2 is 1.74 bits per heavy atom. The summed E-state index contributed by atoms with van der Waals surface area (Å²) in [4.78, 5) is 0. The van der Waals surface area contributed by atoms with Crippen molar-refractivity contribution in [2.45, 2.75) is 56.9 Å². The Morgan fingerprint density at radius 3 is 2.45 bits per heavy atom. The predicted octanol–water partition coefficient (Wildman–Crippen LogP) is 2.05. The molecule has 5 atom stereocenters. The van der Waals surface area contributed by atoms with Crippen LogP contribution in [0, 0.1) is 6.92 Å². The van der Waals surface area contributed by atoms with Gasteiger partial charge in [0.05, 0.1) is 6.10 Å². The van der Waals surface area contributed by atoms with Gasteiger partial charge in [-0.2, -0.15) is 0 Å². The number of fused-ring (bicyclic) bond motifs is 1. The molecule has 2 heterocycles. The maximum atomic E-state index is 10.8. The molecule has 1 unspecified atom stereocenters. The number of hydrogen-bond acceptors (Lipinski definition) is 7. The molecule has 7 nitrogen and oxygen atoms in total. The molecule has 2 aromatic rings. The first kappa shape index (κ1) is 22.0. The minimum Gasteiger partial charge on any atom is -0.486 e. The Labute approximate surface area is 182 Å². The van der Waals surface area contributed by atoms with Crippen LogP contribution in [0.5, 0.6) is 11.5 Å². The van der Waals surface area contributed by atoms with Crippen LogP contribution >= 0.6 is 0 Å². The van der Waals surface area contributed by atoms with E-state index >= 15 is 0 Å². The number of aliphatic hydroxyl groups is 3. The van der Waals surface area contributed by atoms with Crippen LogP contribution in [0.4, 0.5) is 0 Å². The van der Waals surface area contributed by atoms with Crippen LogP contribution in [0.1, 0.15) is 35.6 Å². The molecule has 4 rings (SSSR count). The van der Waals surface area contributed by atoms with Crippen molar-refractivity contribution in [1.29, 1.82) is 0 Å². The SMILES string of the molecule is CC[C@H]1OC(OC)(c2ccc(C)c(Cc3ccc4c(c3)OCCO4)c2)[C@H](O)[C@@H](O)[C@@H]1O. The van der Waals surface area contributed by atoms with Crippen molar-refractivity contribution >= 4 is 0 Å². The third-order valence-electron chi connectivity index (χ3n) is 6.23. The van der Waals surface area contributed by atoms with Crippen molar-refractivity contribution in [3.05, 3.63) is 58.7 Å². The van der Waals surface area contributed by atoms with Crippen molar-refractivity contribution < 1.29 is 34.3 Å². The first-order valence-electron chi connectivity index (χ1n) is 10.6. The van der Waals surface area contributed by atoms with Gasteiger partial charge < -0.3 is 34.3 Å². The van der Waals surface area contributed by atoms with E-state index in [2.05, 4.69) is 0 Å². The maximum Gasteiger partial charge on any atom is 0.224 e. The zero-order valence-electron chi connectivity index (χ0n) is 18.1. The Hall–Kier alpha value is -2.16. The summed E-state index contributed by atoms with van der Waals surface area (Å²) in [7, 11) is 1.43. The third-order valence-corrected chi connectivity index (χ3v) is 6.23. The highest BCUT2D eigenvalue weighted by atomic mass is 16.7. The number of methoxy groups -OCH3 is 1. The number of benzene rings is 2. The van der Waals surface area contributed by atoms with Gasteiger partial charge in [0.15, 0.2) is 11.5 Å². The van der Waals surface area contributed by atoms with Gasteiger partial charge in [-0.3, -0.25) is 0 Å². The van der Waals surface area contributed by atoms with E-state index in [9.17, 15) is 15.3 Å². The van der Waals surface area contributed by atoms with E-state index in [-0.39, 0.29) is 0 Å². The summed E-state index contributed by atoms with van der Waals surface area (Å²) in [6.45, 7) is 4.95. The van der Waals surface area contributed by atoms with Gasteiger partial charge in [-0.05, 0) is 54.7 Å². The Kier molecular flexibility index (Phi) is 6.23. The molecule has 0 bridgehead atoms. The highest BCUT2D eigenvalue weighted by Gasteiger charge is 2.54. The Balaban J connectivity index is 1.68. The highest BCUT2D eigenvalue weighted by Crippen LogP contribution is 2.41. The lowest BCUT2D eigenvalue weighted by atomic mass is 9.85. The smallest absolute Gasteiger partial charge is 0.224 e. The zero-order chi connectivity index (χ0) is 22.2. The summed E-state index contributed by atoms with van der Waals surface area (Å²) in [5.41, 5.74) is 3.74. The third kappa shape index (κ3) is 3.92. The van der Waals surface area contributed by atoms with Crippen molar-refractivity contribution in [1.82, 2.24) is 0 Å². The van der Waals surface area contributed by atoms with Crippen molar-refractivity contribution in [3.8, 4) is 11.5 Å². The molecule has 2 aliphatic heterocycles. The topological polar surface area (TPSA) is 97.6 Å². The summed E-state index contributed by atoms with van der Waals surface area (Å²) in [5.74, 6) is -0.0928. The second-order valence-electron chi connectivity index (χ2n) is 8.16. The quantitative estimate of drug-likeness (QED) is 0.668. The molecule has 2 aromatic carbocycles. The Morgan fingerprint density at radius 1 is 1.00 bits per heavy atom. The van der Waals surface area contributed by atoms with Crippen LogP contribution in [0.25, 0.3) is 0 Å². The number of aryl methyl sites for hydroxylation is 1. The molecule has 3 N–H and O–H groups in total. The molecule has 31 heavy (non-hydrogen) atoms. The summed E-state index contributed by atoms with van der Waals surface area (Å²) in [6, 6.07) is 11.6. The maximum absolute atomic E-state index is 10.8. The fourth-order valence-electron chi connectivity index (χ4n) is 4.34. The van der Waals surface area contributed by atoms with Crippen LogP contribution in [0.2, 0.25) is 0 Å². The summed E-state index contributed by atoms with van der Waals surface area (Å²) in [5, 5.41) is 31.5. The van der Waals surface area contributed by atoms with Gasteiger partial charge in [0, 0.05) is 12.7 Å². The minimum absolute atomic E-state index is 0.464. The average Bonchev–Trinajstić information content (AvgIpc) is 2.79. The second kappa shape index (κ2) is 8.76. The summed E-state index contributed by atoms with van der Waals surface area (Å²) >= 11 is 0. The molecule has 0 spiro atoms. The first-order chi connectivity index (χ1) is 14.9. The van der Waals surface area contributed by atoms with Gasteiger partial charge in [0.25, 0.3) is 0 Å². The monoisotopic (exact) mass is 430 g/mol. The van der Waals surface area contributed by atoms with Crippen molar-refractivity contribution in [2.24, 2.45) is 0 Å². The van der Waals surface area contributed by atoms with Gasteiger partial charge in [0.1, 0.15) is 31.5 Å². The Bertz CT molecular complexity index is 928. The molecular formula is C24H30O7. The van der Waals surface area contributed by atoms with Gasteiger partial charge in [-0.1, -0.05) is 25.1 Å². The van der Waals surface area contributed by atoms with Gasteiger partial charge in [0.2, 0.25) is 5.79 Å². The van der Waals surface area contributed by atoms with E-state index in [0.717, 1.165) is 28.2 Å². The predicted molar refractivity (Wildman–Crippen MR) is 113 cm³/mol. The minimum atomic E-state index is -1.57. The lowest BCUT2D eigenvalue weighted by Gasteiger charge is -2.48. The summed E-state index contributed by atoms with van der Waals surface area (Å²) < 4.78 is 23.0. The summed E-state index contributed by atoms with van der Waals surface area (Å²) in [6.07, 6.45) is -3.59. The fourth-order valence-corrected chi connectivity index (χ4v) is 4.34. The molecule has 0 saturated carbocycles. The number of hydrogen-bond donors (Lipinski definition) is 3. The molecule has 1 fully saturated rings. The molecule has 168 valence electrons. The van der Waals surface area contributed by atoms with E-state index < -0.39 is 30.2 Å².